The number of nitrogens with zero attached hydrogens (tertiary/aromatic N) is 5. The molecule has 1 amide bonds. The van der Waals surface area contributed by atoms with Gasteiger partial charge in [0.05, 0.1) is 36.0 Å². The number of hydrogen-bond acceptors (Lipinski definition) is 7. The van der Waals surface area contributed by atoms with Gasteiger partial charge in [0, 0.05) is 54.3 Å². The molecule has 0 aliphatic heterocycles. The molecule has 2 N–H and O–H groups in total. The van der Waals surface area contributed by atoms with E-state index in [0.29, 0.717) is 55.6 Å². The molecule has 0 spiro atoms. The average Bonchev–Trinajstić information content (AvgIpc) is 3.51. The lowest BCUT2D eigenvalue weighted by Gasteiger charge is -2.16. The maximum absolute atomic E-state index is 11.8. The Balaban J connectivity index is 1.64. The standard InChI is InChI=1S/C25H21Cl2N7O3/c1-5-20(35)30-15-12-33(2)32-24(15)31-19-9-16-13(11-29-19)8-14(25-28-6-7-34(16)25)21-22(26)17(36-3)10-18(37-4)23(21)27/h5-12H,1H2,2-4H3,(H,30,35)(H,29,31,32). The van der Waals surface area contributed by atoms with Crippen molar-refractivity contribution in [1.29, 1.82) is 0 Å². The van der Waals surface area contributed by atoms with Gasteiger partial charge < -0.3 is 20.1 Å². The molecular weight excluding hydrogens is 517 g/mol. The number of imidazole rings is 1. The second-order valence-electron chi connectivity index (χ2n) is 7.97. The summed E-state index contributed by atoms with van der Waals surface area (Å²) in [7, 11) is 4.80. The molecule has 1 aromatic carbocycles. The maximum atomic E-state index is 11.8. The lowest BCUT2D eigenvalue weighted by Crippen LogP contribution is -2.08. The van der Waals surface area contributed by atoms with E-state index >= 15 is 0 Å². The third-order valence-electron chi connectivity index (χ3n) is 5.71. The zero-order valence-electron chi connectivity index (χ0n) is 20.0. The maximum Gasteiger partial charge on any atom is 0.247 e. The summed E-state index contributed by atoms with van der Waals surface area (Å²) in [5.74, 6) is 1.46. The molecule has 5 rings (SSSR count). The number of ether oxygens (including phenoxy) is 2. The molecule has 0 aliphatic rings. The molecule has 4 aromatic heterocycles. The van der Waals surface area contributed by atoms with E-state index in [9.17, 15) is 4.79 Å². The van der Waals surface area contributed by atoms with Gasteiger partial charge in [-0.2, -0.15) is 5.10 Å². The van der Waals surface area contributed by atoms with Crippen molar-refractivity contribution >= 4 is 63.0 Å². The van der Waals surface area contributed by atoms with Crippen molar-refractivity contribution in [3.05, 3.63) is 65.7 Å². The highest BCUT2D eigenvalue weighted by Crippen LogP contribution is 2.47. The number of fused-ring (bicyclic) bond motifs is 3. The van der Waals surface area contributed by atoms with Crippen molar-refractivity contribution in [2.45, 2.75) is 0 Å². The number of methoxy groups -OCH3 is 2. The first-order valence-electron chi connectivity index (χ1n) is 10.9. The van der Waals surface area contributed by atoms with E-state index in [-0.39, 0.29) is 5.91 Å². The van der Waals surface area contributed by atoms with Gasteiger partial charge in [0.25, 0.3) is 0 Å². The van der Waals surface area contributed by atoms with Gasteiger partial charge in [-0.3, -0.25) is 13.9 Å². The molecule has 0 bridgehead atoms. The number of nitrogens with one attached hydrogen (secondary N) is 2. The molecule has 37 heavy (non-hydrogen) atoms. The van der Waals surface area contributed by atoms with Crippen molar-refractivity contribution in [2.24, 2.45) is 7.05 Å². The van der Waals surface area contributed by atoms with Gasteiger partial charge in [-0.1, -0.05) is 29.8 Å². The average molecular weight is 538 g/mol. The fourth-order valence-electron chi connectivity index (χ4n) is 4.04. The summed E-state index contributed by atoms with van der Waals surface area (Å²) >= 11 is 13.4. The Morgan fingerprint density at radius 2 is 1.84 bits per heavy atom. The van der Waals surface area contributed by atoms with Crippen LogP contribution >= 0.6 is 23.2 Å². The molecule has 0 unspecified atom stereocenters. The van der Waals surface area contributed by atoms with Crippen LogP contribution in [-0.4, -0.2) is 44.3 Å². The molecule has 0 radical (unpaired) electrons. The molecule has 4 heterocycles. The first-order chi connectivity index (χ1) is 17.8. The fourth-order valence-corrected chi connectivity index (χ4v) is 4.75. The smallest absolute Gasteiger partial charge is 0.247 e. The summed E-state index contributed by atoms with van der Waals surface area (Å²) < 4.78 is 14.4. The van der Waals surface area contributed by atoms with Gasteiger partial charge in [0.15, 0.2) is 5.82 Å². The van der Waals surface area contributed by atoms with E-state index in [0.717, 1.165) is 10.9 Å². The molecule has 0 saturated carbocycles. The third kappa shape index (κ3) is 4.30. The van der Waals surface area contributed by atoms with Crippen molar-refractivity contribution < 1.29 is 14.3 Å². The first-order valence-corrected chi connectivity index (χ1v) is 11.7. The second kappa shape index (κ2) is 9.64. The van der Waals surface area contributed by atoms with Gasteiger partial charge in [-0.15, -0.1) is 0 Å². The van der Waals surface area contributed by atoms with Gasteiger partial charge in [-0.25, -0.2) is 9.97 Å². The van der Waals surface area contributed by atoms with Gasteiger partial charge in [0.1, 0.15) is 28.7 Å². The van der Waals surface area contributed by atoms with Crippen LogP contribution in [0.4, 0.5) is 17.3 Å². The number of aryl methyl sites for hydroxylation is 1. The minimum atomic E-state index is -0.346. The normalized spacial score (nSPS) is 11.1. The first kappa shape index (κ1) is 24.4. The van der Waals surface area contributed by atoms with Crippen LogP contribution in [0.1, 0.15) is 0 Å². The Kier molecular flexibility index (Phi) is 6.36. The Hall–Kier alpha value is -4.28. The molecule has 0 fully saturated rings. The highest BCUT2D eigenvalue weighted by molar-refractivity contribution is 6.41. The van der Waals surface area contributed by atoms with Gasteiger partial charge >= 0.3 is 0 Å². The fraction of sp³-hybridized carbons (Fsp3) is 0.120. The summed E-state index contributed by atoms with van der Waals surface area (Å²) in [4.78, 5) is 20.9. The SMILES string of the molecule is C=CC(=O)Nc1cn(C)nc1Nc1cc2c(cn1)cc(-c1c(Cl)c(OC)cc(OC)c1Cl)c1nccn12. The number of aromatic nitrogens is 5. The van der Waals surface area contributed by atoms with Crippen molar-refractivity contribution in [3.8, 4) is 22.6 Å². The van der Waals surface area contributed by atoms with Crippen LogP contribution in [0.25, 0.3) is 27.7 Å². The molecule has 188 valence electrons. The van der Waals surface area contributed by atoms with Crippen molar-refractivity contribution in [3.63, 3.8) is 0 Å². The highest BCUT2D eigenvalue weighted by Gasteiger charge is 2.22. The minimum Gasteiger partial charge on any atom is -0.495 e. The summed E-state index contributed by atoms with van der Waals surface area (Å²) in [5, 5.41) is 11.8. The van der Waals surface area contributed by atoms with Crippen LogP contribution in [0, 0.1) is 0 Å². The van der Waals surface area contributed by atoms with Crippen LogP contribution in [-0.2, 0) is 11.8 Å². The summed E-state index contributed by atoms with van der Waals surface area (Å²) in [6.07, 6.45) is 8.11. The predicted molar refractivity (Wildman–Crippen MR) is 144 cm³/mol. The summed E-state index contributed by atoms with van der Waals surface area (Å²) in [6.45, 7) is 3.48. The molecule has 0 saturated heterocycles. The Labute approximate surface area is 221 Å². The number of rotatable bonds is 7. The molecule has 0 aliphatic carbocycles. The zero-order valence-corrected chi connectivity index (χ0v) is 21.6. The lowest BCUT2D eigenvalue weighted by atomic mass is 10.0. The zero-order chi connectivity index (χ0) is 26.3. The quantitative estimate of drug-likeness (QED) is 0.265. The van der Waals surface area contributed by atoms with E-state index < -0.39 is 0 Å². The number of carbonyl (C=O) groups excluding carboxylic acids is 1. The van der Waals surface area contributed by atoms with Crippen molar-refractivity contribution in [2.75, 3.05) is 24.9 Å². The number of benzene rings is 1. The van der Waals surface area contributed by atoms with E-state index in [4.69, 9.17) is 32.7 Å². The van der Waals surface area contributed by atoms with E-state index in [1.54, 1.807) is 36.4 Å². The Bertz CT molecular complexity index is 1670. The van der Waals surface area contributed by atoms with E-state index in [1.165, 1.54) is 20.3 Å². The molecule has 0 atom stereocenters. The van der Waals surface area contributed by atoms with E-state index in [1.807, 2.05) is 22.7 Å². The van der Waals surface area contributed by atoms with Crippen LogP contribution in [0.15, 0.2) is 55.6 Å². The van der Waals surface area contributed by atoms with E-state index in [2.05, 4.69) is 32.3 Å². The number of anilines is 3. The van der Waals surface area contributed by atoms with Crippen LogP contribution < -0.4 is 20.1 Å². The predicted octanol–water partition coefficient (Wildman–Crippen LogP) is 5.48. The Morgan fingerprint density at radius 1 is 1.11 bits per heavy atom. The van der Waals surface area contributed by atoms with Gasteiger partial charge in [0.2, 0.25) is 5.91 Å². The number of amides is 1. The number of hydrogen-bond donors (Lipinski definition) is 2. The second-order valence-corrected chi connectivity index (χ2v) is 8.73. The van der Waals surface area contributed by atoms with Crippen molar-refractivity contribution in [1.82, 2.24) is 24.1 Å². The largest absolute Gasteiger partial charge is 0.495 e. The molecule has 12 heteroatoms. The topological polar surface area (TPSA) is 108 Å². The van der Waals surface area contributed by atoms with Crippen LogP contribution in [0.3, 0.4) is 0 Å². The minimum absolute atomic E-state index is 0.341. The molecular formula is C25H21Cl2N7O3. The van der Waals surface area contributed by atoms with Gasteiger partial charge in [-0.05, 0) is 12.1 Å². The molecule has 10 nitrogen and oxygen atoms in total. The third-order valence-corrected chi connectivity index (χ3v) is 6.46. The summed E-state index contributed by atoms with van der Waals surface area (Å²) in [5.41, 5.74) is 3.17. The monoisotopic (exact) mass is 537 g/mol. The molecule has 5 aromatic rings. The lowest BCUT2D eigenvalue weighted by molar-refractivity contribution is -0.111. The van der Waals surface area contributed by atoms with Crippen LogP contribution in [0.5, 0.6) is 11.5 Å². The number of carbonyl (C=O) groups is 1. The Morgan fingerprint density at radius 3 is 2.51 bits per heavy atom. The summed E-state index contributed by atoms with van der Waals surface area (Å²) in [6, 6.07) is 5.41. The number of pyridine rings is 2. The highest BCUT2D eigenvalue weighted by atomic mass is 35.5. The van der Waals surface area contributed by atoms with Crippen LogP contribution in [0.2, 0.25) is 10.0 Å². The number of halogens is 2.